The maximum absolute atomic E-state index is 14.6. The fourth-order valence-corrected chi connectivity index (χ4v) is 4.05. The van der Waals surface area contributed by atoms with Crippen molar-refractivity contribution in [1.82, 2.24) is 14.9 Å². The molecule has 0 saturated heterocycles. The second-order valence-corrected chi connectivity index (χ2v) is 8.76. The fraction of sp³-hybridized carbons (Fsp3) is 0.480. The quantitative estimate of drug-likeness (QED) is 0.363. The first-order chi connectivity index (χ1) is 15.9. The zero-order chi connectivity index (χ0) is 23.8. The van der Waals surface area contributed by atoms with E-state index in [2.05, 4.69) is 24.1 Å². The van der Waals surface area contributed by atoms with Gasteiger partial charge in [0.2, 0.25) is 6.79 Å². The molecule has 1 aliphatic heterocycles. The van der Waals surface area contributed by atoms with Gasteiger partial charge in [-0.1, -0.05) is 72.3 Å². The first-order valence-corrected chi connectivity index (χ1v) is 12.2. The number of nitrogens with zero attached hydrogens (tertiary/aromatic N) is 2. The van der Waals surface area contributed by atoms with Gasteiger partial charge in [0, 0.05) is 31.6 Å². The monoisotopic (exact) mass is 477 g/mol. The van der Waals surface area contributed by atoms with Gasteiger partial charge in [-0.25, -0.2) is 4.98 Å². The van der Waals surface area contributed by atoms with Crippen molar-refractivity contribution in [3.05, 3.63) is 64.9 Å². The lowest BCUT2D eigenvalue weighted by molar-refractivity contribution is 0.0725. The van der Waals surface area contributed by atoms with Crippen molar-refractivity contribution in [3.63, 3.8) is 0 Å². The molecule has 180 valence electrons. The Balaban J connectivity index is 1.88. The second-order valence-electron chi connectivity index (χ2n) is 8.03. The highest BCUT2D eigenvalue weighted by molar-refractivity contribution is 7.17. The largest absolute Gasteiger partial charge is 0.458 e. The average molecular weight is 478 g/mol. The van der Waals surface area contributed by atoms with Crippen molar-refractivity contribution in [2.24, 2.45) is 0 Å². The van der Waals surface area contributed by atoms with Crippen LogP contribution in [0.3, 0.4) is 0 Å². The SMILES string of the molecule is CCCCn1c(-c2ccccc2)nc(C(F)(F)P)c1CNC/C(=C/C1=C(CC)OCO1)CC. The summed E-state index contributed by atoms with van der Waals surface area (Å²) in [7, 11) is 1.64. The van der Waals surface area contributed by atoms with E-state index in [9.17, 15) is 8.78 Å². The van der Waals surface area contributed by atoms with Gasteiger partial charge in [0.1, 0.15) is 17.3 Å². The van der Waals surface area contributed by atoms with E-state index >= 15 is 0 Å². The average Bonchev–Trinajstić information content (AvgIpc) is 3.41. The normalized spacial score (nSPS) is 14.5. The Morgan fingerprint density at radius 3 is 2.61 bits per heavy atom. The van der Waals surface area contributed by atoms with Crippen LogP contribution in [0.5, 0.6) is 0 Å². The Morgan fingerprint density at radius 1 is 1.21 bits per heavy atom. The van der Waals surface area contributed by atoms with Crippen LogP contribution >= 0.6 is 9.24 Å². The summed E-state index contributed by atoms with van der Waals surface area (Å²) in [6.07, 6.45) is 5.42. The number of hydrogen-bond donors (Lipinski definition) is 1. The summed E-state index contributed by atoms with van der Waals surface area (Å²) >= 11 is 0. The van der Waals surface area contributed by atoms with Crippen LogP contribution in [0.25, 0.3) is 11.4 Å². The zero-order valence-corrected chi connectivity index (χ0v) is 20.8. The number of imidazole rings is 1. The Bertz CT molecular complexity index is 982. The van der Waals surface area contributed by atoms with Gasteiger partial charge in [-0.2, -0.15) is 8.78 Å². The lowest BCUT2D eigenvalue weighted by Gasteiger charge is -2.16. The summed E-state index contributed by atoms with van der Waals surface area (Å²) in [6.45, 7) is 7.91. The van der Waals surface area contributed by atoms with Crippen molar-refractivity contribution in [2.75, 3.05) is 13.3 Å². The van der Waals surface area contributed by atoms with Gasteiger partial charge in [-0.15, -0.1) is 0 Å². The first-order valence-electron chi connectivity index (χ1n) is 11.6. The summed E-state index contributed by atoms with van der Waals surface area (Å²) in [5.74, 6) is 2.18. The van der Waals surface area contributed by atoms with Crippen molar-refractivity contribution in [3.8, 4) is 11.4 Å². The molecular formula is C25H34F2N3O2P. The standard InChI is InChI=1S/C25H34F2N3O2P/c1-4-7-13-30-20(16-28-15-18(5-2)14-22-21(6-3)31-17-32-22)23(25(26,27)33)29-24(30)19-11-9-8-10-12-19/h8-12,14,28H,4-7,13,15-17,33H2,1-3H3/b18-14+. The molecule has 0 aliphatic carbocycles. The predicted molar refractivity (Wildman–Crippen MR) is 131 cm³/mol. The molecular weight excluding hydrogens is 443 g/mol. The van der Waals surface area contributed by atoms with Gasteiger partial charge in [0.15, 0.2) is 5.76 Å². The number of hydrogen-bond acceptors (Lipinski definition) is 4. The molecule has 1 unspecified atom stereocenters. The molecule has 2 aromatic rings. The van der Waals surface area contributed by atoms with Gasteiger partial charge in [-0.05, 0) is 18.9 Å². The van der Waals surface area contributed by atoms with Gasteiger partial charge < -0.3 is 19.4 Å². The third-order valence-corrected chi connectivity index (χ3v) is 5.91. The van der Waals surface area contributed by atoms with E-state index < -0.39 is 5.66 Å². The van der Waals surface area contributed by atoms with E-state index in [4.69, 9.17) is 9.47 Å². The first kappa shape index (κ1) is 25.4. The Kier molecular flexibility index (Phi) is 9.04. The summed E-state index contributed by atoms with van der Waals surface area (Å²) in [5, 5.41) is 3.36. The molecule has 5 nitrogen and oxygen atoms in total. The minimum atomic E-state index is -3.11. The molecule has 1 N–H and O–H groups in total. The smallest absolute Gasteiger partial charge is 0.302 e. The molecule has 1 atom stereocenters. The van der Waals surface area contributed by atoms with Crippen LogP contribution in [0.4, 0.5) is 8.78 Å². The molecule has 1 aromatic heterocycles. The molecule has 0 bridgehead atoms. The van der Waals surface area contributed by atoms with Crippen LogP contribution in [0.2, 0.25) is 0 Å². The highest BCUT2D eigenvalue weighted by atomic mass is 31.0. The summed E-state index contributed by atoms with van der Waals surface area (Å²) in [6, 6.07) is 9.53. The number of aromatic nitrogens is 2. The summed E-state index contributed by atoms with van der Waals surface area (Å²) < 4.78 is 42.1. The van der Waals surface area contributed by atoms with E-state index in [0.717, 1.165) is 48.3 Å². The van der Waals surface area contributed by atoms with Crippen LogP contribution in [0, 0.1) is 0 Å². The molecule has 3 rings (SSSR count). The summed E-state index contributed by atoms with van der Waals surface area (Å²) in [5.41, 5.74) is -0.838. The Hall–Kier alpha value is -2.24. The molecule has 33 heavy (non-hydrogen) atoms. The number of ether oxygens (including phenoxy) is 2. The van der Waals surface area contributed by atoms with E-state index in [1.54, 1.807) is 9.24 Å². The van der Waals surface area contributed by atoms with Crippen LogP contribution in [0.1, 0.15) is 57.8 Å². The lowest BCUT2D eigenvalue weighted by Crippen LogP contribution is -2.22. The maximum Gasteiger partial charge on any atom is 0.302 e. The summed E-state index contributed by atoms with van der Waals surface area (Å²) in [4.78, 5) is 4.42. The molecule has 0 fully saturated rings. The lowest BCUT2D eigenvalue weighted by atomic mass is 10.1. The predicted octanol–water partition coefficient (Wildman–Crippen LogP) is 6.33. The van der Waals surface area contributed by atoms with Crippen LogP contribution in [0.15, 0.2) is 53.5 Å². The topological polar surface area (TPSA) is 48.3 Å². The minimum absolute atomic E-state index is 0.194. The molecule has 0 amide bonds. The van der Waals surface area contributed by atoms with E-state index in [0.29, 0.717) is 24.6 Å². The highest BCUT2D eigenvalue weighted by Gasteiger charge is 2.34. The molecule has 1 aromatic carbocycles. The van der Waals surface area contributed by atoms with E-state index in [1.165, 1.54) is 0 Å². The van der Waals surface area contributed by atoms with Crippen LogP contribution in [-0.2, 0) is 28.2 Å². The fourth-order valence-electron chi connectivity index (χ4n) is 3.82. The van der Waals surface area contributed by atoms with Crippen LogP contribution in [-0.4, -0.2) is 22.9 Å². The number of allylic oxidation sites excluding steroid dienone is 2. The number of nitrogens with one attached hydrogen (secondary N) is 1. The molecule has 0 radical (unpaired) electrons. The molecule has 0 spiro atoms. The molecule has 1 aliphatic rings. The van der Waals surface area contributed by atoms with Crippen molar-refractivity contribution in [1.29, 1.82) is 0 Å². The minimum Gasteiger partial charge on any atom is -0.458 e. The number of rotatable bonds is 12. The molecule has 2 heterocycles. The van der Waals surface area contributed by atoms with Crippen molar-refractivity contribution >= 4 is 9.24 Å². The number of benzene rings is 1. The number of halogens is 2. The van der Waals surface area contributed by atoms with Gasteiger partial charge in [0.25, 0.3) is 0 Å². The van der Waals surface area contributed by atoms with E-state index in [-0.39, 0.29) is 19.0 Å². The zero-order valence-electron chi connectivity index (χ0n) is 19.7. The highest BCUT2D eigenvalue weighted by Crippen LogP contribution is 2.38. The Labute approximate surface area is 197 Å². The van der Waals surface area contributed by atoms with E-state index in [1.807, 2.05) is 47.9 Å². The number of alkyl halides is 2. The Morgan fingerprint density at radius 2 is 1.97 bits per heavy atom. The third kappa shape index (κ3) is 6.42. The van der Waals surface area contributed by atoms with Gasteiger partial charge in [-0.3, -0.25) is 0 Å². The van der Waals surface area contributed by atoms with Crippen molar-refractivity contribution in [2.45, 2.75) is 65.2 Å². The second kappa shape index (κ2) is 11.8. The number of unbranched alkanes of at least 4 members (excludes halogenated alkanes) is 1. The van der Waals surface area contributed by atoms with Crippen molar-refractivity contribution < 1.29 is 18.3 Å². The third-order valence-electron chi connectivity index (χ3n) is 5.63. The van der Waals surface area contributed by atoms with Gasteiger partial charge in [0.05, 0.1) is 5.69 Å². The van der Waals surface area contributed by atoms with Gasteiger partial charge >= 0.3 is 5.66 Å². The molecule has 0 saturated carbocycles. The van der Waals surface area contributed by atoms with Crippen LogP contribution < -0.4 is 5.32 Å². The molecule has 8 heteroatoms. The maximum atomic E-state index is 14.6.